The average molecular weight is 138 g/mol. The van der Waals surface area contributed by atoms with Gasteiger partial charge in [-0.2, -0.15) is 0 Å². The Balaban J connectivity index is 3.19. The quantitative estimate of drug-likeness (QED) is 0.247. The second kappa shape index (κ2) is 8.15. The molecule has 0 saturated heterocycles. The van der Waals surface area contributed by atoms with Crippen LogP contribution in [0, 0.1) is 0 Å². The maximum atomic E-state index is 9.77. The minimum absolute atomic E-state index is 0.782. The molecule has 0 amide bonds. The van der Waals surface area contributed by atoms with Crippen LogP contribution in [-0.4, -0.2) is 6.29 Å². The molecule has 10 heavy (non-hydrogen) atoms. The van der Waals surface area contributed by atoms with Crippen LogP contribution in [0.5, 0.6) is 0 Å². The highest BCUT2D eigenvalue weighted by molar-refractivity contribution is 5.65. The van der Waals surface area contributed by atoms with Crippen LogP contribution in [0.25, 0.3) is 0 Å². The Kier molecular flexibility index (Phi) is 7.46. The summed E-state index contributed by atoms with van der Waals surface area (Å²) in [5.74, 6) is 0. The van der Waals surface area contributed by atoms with Gasteiger partial charge in [-0.1, -0.05) is 38.0 Å². The van der Waals surface area contributed by atoms with Crippen LogP contribution in [-0.2, 0) is 4.79 Å². The third kappa shape index (κ3) is 7.15. The summed E-state index contributed by atoms with van der Waals surface area (Å²) in [6.07, 6.45) is 11.6. The largest absolute Gasteiger partial charge is 0.299 e. The first-order valence-electron chi connectivity index (χ1n) is 3.68. The smallest absolute Gasteiger partial charge is 0.142 e. The van der Waals surface area contributed by atoms with Gasteiger partial charge in [0.2, 0.25) is 0 Å². The summed E-state index contributed by atoms with van der Waals surface area (Å²) in [6.45, 7) is 2.16. The fourth-order valence-corrected chi connectivity index (χ4v) is 0.606. The van der Waals surface area contributed by atoms with Crippen molar-refractivity contribution in [3.63, 3.8) is 0 Å². The Morgan fingerprint density at radius 1 is 1.20 bits per heavy atom. The number of allylic oxidation sites excluding steroid dienone is 4. The molecule has 0 radical (unpaired) electrons. The highest BCUT2D eigenvalue weighted by Crippen LogP contribution is 1.94. The third-order valence-corrected chi connectivity index (χ3v) is 1.16. The van der Waals surface area contributed by atoms with Crippen molar-refractivity contribution < 1.29 is 4.79 Å². The first-order valence-corrected chi connectivity index (χ1v) is 3.68. The molecule has 1 heteroatoms. The molecule has 0 unspecified atom stereocenters. The van der Waals surface area contributed by atoms with Crippen LogP contribution in [0.2, 0.25) is 0 Å². The second-order valence-corrected chi connectivity index (χ2v) is 2.09. The van der Waals surface area contributed by atoms with Gasteiger partial charge < -0.3 is 0 Å². The molecule has 0 aliphatic rings. The zero-order chi connectivity index (χ0) is 7.66. The normalized spacial score (nSPS) is 11.3. The van der Waals surface area contributed by atoms with Crippen LogP contribution in [0.1, 0.15) is 26.2 Å². The molecule has 0 saturated carbocycles. The summed E-state index contributed by atoms with van der Waals surface area (Å²) in [6, 6.07) is 0. The molecule has 0 atom stereocenters. The minimum atomic E-state index is 0.782. The molecule has 0 aromatic heterocycles. The molecule has 0 heterocycles. The van der Waals surface area contributed by atoms with Crippen molar-refractivity contribution in [1.82, 2.24) is 0 Å². The summed E-state index contributed by atoms with van der Waals surface area (Å²) in [5.41, 5.74) is 0. The van der Waals surface area contributed by atoms with E-state index in [1.165, 1.54) is 18.9 Å². The zero-order valence-electron chi connectivity index (χ0n) is 6.42. The molecular weight excluding hydrogens is 124 g/mol. The lowest BCUT2D eigenvalue weighted by atomic mass is 10.2. The standard InChI is InChI=1S/C9H14O/c1-2-3-4-5-6-7-8-9-10/h5-9H,2-4H2,1H3/b6-5-,8-7+. The van der Waals surface area contributed by atoms with Gasteiger partial charge in [-0.3, -0.25) is 4.79 Å². The van der Waals surface area contributed by atoms with E-state index in [4.69, 9.17) is 0 Å². The van der Waals surface area contributed by atoms with Gasteiger partial charge in [0.15, 0.2) is 0 Å². The number of hydrogen-bond donors (Lipinski definition) is 0. The van der Waals surface area contributed by atoms with Crippen molar-refractivity contribution in [2.24, 2.45) is 0 Å². The molecule has 0 aliphatic carbocycles. The third-order valence-electron chi connectivity index (χ3n) is 1.16. The van der Waals surface area contributed by atoms with Crippen molar-refractivity contribution in [3.8, 4) is 0 Å². The maximum absolute atomic E-state index is 9.77. The van der Waals surface area contributed by atoms with Crippen molar-refractivity contribution in [2.75, 3.05) is 0 Å². The van der Waals surface area contributed by atoms with E-state index in [9.17, 15) is 4.79 Å². The highest BCUT2D eigenvalue weighted by Gasteiger charge is 1.74. The van der Waals surface area contributed by atoms with E-state index in [0.717, 1.165) is 12.7 Å². The predicted octanol–water partition coefficient (Wildman–Crippen LogP) is 2.49. The van der Waals surface area contributed by atoms with Crippen molar-refractivity contribution >= 4 is 6.29 Å². The summed E-state index contributed by atoms with van der Waals surface area (Å²) in [5, 5.41) is 0. The van der Waals surface area contributed by atoms with Gasteiger partial charge in [0.05, 0.1) is 0 Å². The van der Waals surface area contributed by atoms with Gasteiger partial charge in [0.1, 0.15) is 6.29 Å². The summed E-state index contributed by atoms with van der Waals surface area (Å²) < 4.78 is 0. The predicted molar refractivity (Wildman–Crippen MR) is 43.9 cm³/mol. The Morgan fingerprint density at radius 2 is 2.00 bits per heavy atom. The number of unbranched alkanes of at least 4 members (excludes halogenated alkanes) is 2. The molecular formula is C9H14O. The summed E-state index contributed by atoms with van der Waals surface area (Å²) >= 11 is 0. The topological polar surface area (TPSA) is 17.1 Å². The maximum Gasteiger partial charge on any atom is 0.142 e. The summed E-state index contributed by atoms with van der Waals surface area (Å²) in [4.78, 5) is 9.77. The van der Waals surface area contributed by atoms with Gasteiger partial charge >= 0.3 is 0 Å². The van der Waals surface area contributed by atoms with Gasteiger partial charge in [-0.25, -0.2) is 0 Å². The van der Waals surface area contributed by atoms with Gasteiger partial charge in [-0.15, -0.1) is 0 Å². The Bertz CT molecular complexity index is 123. The fraction of sp³-hybridized carbons (Fsp3) is 0.444. The van der Waals surface area contributed by atoms with Crippen LogP contribution in [0.4, 0.5) is 0 Å². The Hall–Kier alpha value is -0.850. The number of carbonyl (C=O) groups is 1. The zero-order valence-corrected chi connectivity index (χ0v) is 6.42. The van der Waals surface area contributed by atoms with E-state index in [2.05, 4.69) is 13.0 Å². The molecule has 0 aromatic rings. The molecule has 1 nitrogen and oxygen atoms in total. The molecule has 0 aliphatic heterocycles. The molecule has 0 fully saturated rings. The van der Waals surface area contributed by atoms with Crippen LogP contribution >= 0.6 is 0 Å². The lowest BCUT2D eigenvalue weighted by molar-refractivity contribution is -0.104. The van der Waals surface area contributed by atoms with E-state index in [1.807, 2.05) is 6.08 Å². The Labute approximate surface area is 62.4 Å². The molecule has 0 aromatic carbocycles. The SMILES string of the molecule is CCCC/C=C\C=C\C=O. The summed E-state index contributed by atoms with van der Waals surface area (Å²) in [7, 11) is 0. The molecule has 0 rings (SSSR count). The van der Waals surface area contributed by atoms with Crippen LogP contribution in [0.3, 0.4) is 0 Å². The van der Waals surface area contributed by atoms with Crippen molar-refractivity contribution in [1.29, 1.82) is 0 Å². The second-order valence-electron chi connectivity index (χ2n) is 2.09. The van der Waals surface area contributed by atoms with Crippen molar-refractivity contribution in [2.45, 2.75) is 26.2 Å². The number of aldehydes is 1. The van der Waals surface area contributed by atoms with Crippen LogP contribution < -0.4 is 0 Å². The first-order chi connectivity index (χ1) is 4.91. The van der Waals surface area contributed by atoms with E-state index < -0.39 is 0 Å². The van der Waals surface area contributed by atoms with Crippen molar-refractivity contribution in [3.05, 3.63) is 24.3 Å². The molecule has 0 spiro atoms. The molecule has 56 valence electrons. The van der Waals surface area contributed by atoms with E-state index in [-0.39, 0.29) is 0 Å². The number of carbonyl (C=O) groups excluding carboxylic acids is 1. The average Bonchev–Trinajstić information content (AvgIpc) is 1.97. The number of hydrogen-bond acceptors (Lipinski definition) is 1. The lowest BCUT2D eigenvalue weighted by Crippen LogP contribution is -1.65. The molecule has 0 bridgehead atoms. The number of rotatable bonds is 5. The van der Waals surface area contributed by atoms with E-state index in [0.29, 0.717) is 0 Å². The minimum Gasteiger partial charge on any atom is -0.299 e. The molecule has 0 N–H and O–H groups in total. The fourth-order valence-electron chi connectivity index (χ4n) is 0.606. The van der Waals surface area contributed by atoms with Gasteiger partial charge in [0, 0.05) is 0 Å². The van der Waals surface area contributed by atoms with E-state index >= 15 is 0 Å². The van der Waals surface area contributed by atoms with Crippen LogP contribution in [0.15, 0.2) is 24.3 Å². The lowest BCUT2D eigenvalue weighted by Gasteiger charge is -1.84. The van der Waals surface area contributed by atoms with E-state index in [1.54, 1.807) is 6.08 Å². The Morgan fingerprint density at radius 3 is 2.60 bits per heavy atom. The highest BCUT2D eigenvalue weighted by atomic mass is 16.1. The first kappa shape index (κ1) is 9.15. The monoisotopic (exact) mass is 138 g/mol. The van der Waals surface area contributed by atoms with Gasteiger partial charge in [0.25, 0.3) is 0 Å². The van der Waals surface area contributed by atoms with Gasteiger partial charge in [-0.05, 0) is 12.5 Å².